The predicted molar refractivity (Wildman–Crippen MR) is 75.0 cm³/mol. The van der Waals surface area contributed by atoms with Gasteiger partial charge in [-0.1, -0.05) is 11.8 Å². The Morgan fingerprint density at radius 2 is 2.10 bits per heavy atom. The van der Waals surface area contributed by atoms with Crippen LogP contribution in [0.25, 0.3) is 0 Å². The van der Waals surface area contributed by atoms with Gasteiger partial charge >= 0.3 is 0 Å². The molecule has 0 unspecified atom stereocenters. The molecule has 0 aliphatic rings. The largest absolute Gasteiger partial charge is 0.395 e. The Labute approximate surface area is 120 Å². The van der Waals surface area contributed by atoms with Gasteiger partial charge in [0.1, 0.15) is 17.3 Å². The number of pyridine rings is 2. The van der Waals surface area contributed by atoms with E-state index in [1.807, 2.05) is 0 Å². The van der Waals surface area contributed by atoms with E-state index in [9.17, 15) is 9.18 Å². The lowest BCUT2D eigenvalue weighted by atomic mass is 10.2. The normalized spacial score (nSPS) is 9.62. The fourth-order valence-electron chi connectivity index (χ4n) is 1.45. The number of aliphatic hydroxyl groups is 1. The lowest BCUT2D eigenvalue weighted by Crippen LogP contribution is -2.14. The molecule has 2 N–H and O–H groups in total. The van der Waals surface area contributed by atoms with Crippen molar-refractivity contribution in [1.82, 2.24) is 9.97 Å². The molecule has 0 bridgehead atoms. The van der Waals surface area contributed by atoms with Crippen LogP contribution in [0.2, 0.25) is 0 Å². The standard InChI is InChI=1S/C15H12FN3O2/c16-12-5-7-14(18-10-12)19-15(21)13-6-4-11(9-17-13)3-1-2-8-20/h4-7,9-10,20H,2,8H2,(H,18,19,21). The number of aromatic nitrogens is 2. The van der Waals surface area contributed by atoms with E-state index in [0.29, 0.717) is 12.0 Å². The van der Waals surface area contributed by atoms with Gasteiger partial charge in [-0.3, -0.25) is 4.79 Å². The molecule has 0 spiro atoms. The molecule has 2 rings (SSSR count). The molecule has 2 aromatic rings. The Kier molecular flexibility index (Phi) is 4.96. The lowest BCUT2D eigenvalue weighted by Gasteiger charge is -2.03. The van der Waals surface area contributed by atoms with E-state index < -0.39 is 11.7 Å². The van der Waals surface area contributed by atoms with Gasteiger partial charge in [0, 0.05) is 18.2 Å². The summed E-state index contributed by atoms with van der Waals surface area (Å²) in [5.74, 6) is 4.90. The minimum Gasteiger partial charge on any atom is -0.395 e. The topological polar surface area (TPSA) is 75.1 Å². The van der Waals surface area contributed by atoms with E-state index in [0.717, 1.165) is 6.20 Å². The van der Waals surface area contributed by atoms with Crippen molar-refractivity contribution in [3.8, 4) is 11.8 Å². The summed E-state index contributed by atoms with van der Waals surface area (Å²) < 4.78 is 12.7. The maximum atomic E-state index is 12.7. The van der Waals surface area contributed by atoms with Crippen molar-refractivity contribution in [2.24, 2.45) is 0 Å². The minimum atomic E-state index is -0.475. The van der Waals surface area contributed by atoms with Crippen LogP contribution in [0.3, 0.4) is 0 Å². The van der Waals surface area contributed by atoms with Crippen molar-refractivity contribution in [2.45, 2.75) is 6.42 Å². The summed E-state index contributed by atoms with van der Waals surface area (Å²) in [6, 6.07) is 5.75. The van der Waals surface area contributed by atoms with E-state index in [-0.39, 0.29) is 18.1 Å². The molecule has 0 aromatic carbocycles. The fraction of sp³-hybridized carbons (Fsp3) is 0.133. The SMILES string of the molecule is O=C(Nc1ccc(F)cn1)c1ccc(C#CCCO)cn1. The molecule has 0 radical (unpaired) electrons. The van der Waals surface area contributed by atoms with E-state index in [1.54, 1.807) is 6.07 Å². The average Bonchev–Trinajstić information content (AvgIpc) is 2.50. The Morgan fingerprint density at radius 1 is 1.24 bits per heavy atom. The fourth-order valence-corrected chi connectivity index (χ4v) is 1.45. The first kappa shape index (κ1) is 14.6. The number of hydrogen-bond acceptors (Lipinski definition) is 4. The van der Waals surface area contributed by atoms with Crippen LogP contribution < -0.4 is 5.32 Å². The third-order valence-corrected chi connectivity index (χ3v) is 2.43. The third kappa shape index (κ3) is 4.37. The predicted octanol–water partition coefficient (Wildman–Crippen LogP) is 1.60. The Hall–Kier alpha value is -2.78. The monoisotopic (exact) mass is 285 g/mol. The summed E-state index contributed by atoms with van der Waals surface area (Å²) >= 11 is 0. The highest BCUT2D eigenvalue weighted by Gasteiger charge is 2.08. The highest BCUT2D eigenvalue weighted by molar-refractivity contribution is 6.02. The van der Waals surface area contributed by atoms with Crippen LogP contribution in [-0.4, -0.2) is 27.6 Å². The molecule has 0 saturated heterocycles. The van der Waals surface area contributed by atoms with Gasteiger partial charge in [0.2, 0.25) is 0 Å². The summed E-state index contributed by atoms with van der Waals surface area (Å²) in [6.45, 7) is 0.00554. The van der Waals surface area contributed by atoms with Crippen LogP contribution in [-0.2, 0) is 0 Å². The molecule has 1 amide bonds. The van der Waals surface area contributed by atoms with E-state index in [2.05, 4.69) is 27.1 Å². The maximum Gasteiger partial charge on any atom is 0.275 e. The first-order valence-electron chi connectivity index (χ1n) is 6.18. The number of nitrogens with one attached hydrogen (secondary N) is 1. The number of anilines is 1. The number of nitrogens with zero attached hydrogens (tertiary/aromatic N) is 2. The number of amides is 1. The van der Waals surface area contributed by atoms with Gasteiger partial charge in [0.05, 0.1) is 12.8 Å². The molecule has 21 heavy (non-hydrogen) atoms. The Bertz CT molecular complexity index is 673. The van der Waals surface area contributed by atoms with E-state index in [1.165, 1.54) is 24.4 Å². The molecule has 5 nitrogen and oxygen atoms in total. The van der Waals surface area contributed by atoms with Crippen LogP contribution >= 0.6 is 0 Å². The summed E-state index contributed by atoms with van der Waals surface area (Å²) in [5, 5.41) is 11.1. The average molecular weight is 285 g/mol. The quantitative estimate of drug-likeness (QED) is 0.840. The van der Waals surface area contributed by atoms with Crippen LogP contribution in [0.5, 0.6) is 0 Å². The Morgan fingerprint density at radius 3 is 2.71 bits per heavy atom. The zero-order chi connectivity index (χ0) is 15.1. The van der Waals surface area contributed by atoms with E-state index >= 15 is 0 Å². The minimum absolute atomic E-state index is 0.00554. The molecule has 106 valence electrons. The Balaban J connectivity index is 2.03. The highest BCUT2D eigenvalue weighted by Crippen LogP contribution is 2.06. The van der Waals surface area contributed by atoms with Crippen molar-refractivity contribution >= 4 is 11.7 Å². The molecule has 2 aromatic heterocycles. The van der Waals surface area contributed by atoms with Crippen molar-refractivity contribution < 1.29 is 14.3 Å². The summed E-state index contributed by atoms with van der Waals surface area (Å²) in [5.41, 5.74) is 0.855. The second-order valence-corrected chi connectivity index (χ2v) is 4.02. The first-order valence-corrected chi connectivity index (χ1v) is 6.18. The van der Waals surface area contributed by atoms with Crippen molar-refractivity contribution in [1.29, 1.82) is 0 Å². The van der Waals surface area contributed by atoms with Crippen LogP contribution in [0.15, 0.2) is 36.7 Å². The molecular weight excluding hydrogens is 273 g/mol. The van der Waals surface area contributed by atoms with Crippen molar-refractivity contribution in [3.05, 3.63) is 53.7 Å². The molecule has 0 fully saturated rings. The first-order chi connectivity index (χ1) is 10.2. The zero-order valence-corrected chi connectivity index (χ0v) is 11.0. The number of carbonyl (C=O) groups is 1. The van der Waals surface area contributed by atoms with Crippen molar-refractivity contribution in [2.75, 3.05) is 11.9 Å². The highest BCUT2D eigenvalue weighted by atomic mass is 19.1. The van der Waals surface area contributed by atoms with Gasteiger partial charge in [0.15, 0.2) is 0 Å². The number of aliphatic hydroxyl groups excluding tert-OH is 1. The molecule has 0 atom stereocenters. The molecule has 0 saturated carbocycles. The smallest absolute Gasteiger partial charge is 0.275 e. The van der Waals surface area contributed by atoms with Gasteiger partial charge < -0.3 is 10.4 Å². The van der Waals surface area contributed by atoms with E-state index in [4.69, 9.17) is 5.11 Å². The van der Waals surface area contributed by atoms with Crippen molar-refractivity contribution in [3.63, 3.8) is 0 Å². The molecule has 0 aliphatic heterocycles. The van der Waals surface area contributed by atoms with Gasteiger partial charge in [0.25, 0.3) is 5.91 Å². The van der Waals surface area contributed by atoms with Gasteiger partial charge in [-0.05, 0) is 24.3 Å². The second-order valence-electron chi connectivity index (χ2n) is 4.02. The number of halogens is 1. The third-order valence-electron chi connectivity index (χ3n) is 2.43. The summed E-state index contributed by atoms with van der Waals surface area (Å²) in [6.07, 6.45) is 2.87. The summed E-state index contributed by atoms with van der Waals surface area (Å²) in [7, 11) is 0. The lowest BCUT2D eigenvalue weighted by molar-refractivity contribution is 0.102. The van der Waals surface area contributed by atoms with Gasteiger partial charge in [-0.2, -0.15) is 0 Å². The maximum absolute atomic E-state index is 12.7. The molecular formula is C15H12FN3O2. The zero-order valence-electron chi connectivity index (χ0n) is 11.0. The van der Waals surface area contributed by atoms with Crippen LogP contribution in [0.4, 0.5) is 10.2 Å². The number of carbonyl (C=O) groups excluding carboxylic acids is 1. The molecule has 0 aliphatic carbocycles. The number of rotatable bonds is 3. The second kappa shape index (κ2) is 7.12. The van der Waals surface area contributed by atoms with Crippen LogP contribution in [0.1, 0.15) is 22.5 Å². The number of hydrogen-bond donors (Lipinski definition) is 2. The van der Waals surface area contributed by atoms with Crippen LogP contribution in [0, 0.1) is 17.7 Å². The summed E-state index contributed by atoms with van der Waals surface area (Å²) in [4.78, 5) is 19.6. The van der Waals surface area contributed by atoms with Gasteiger partial charge in [-0.15, -0.1) is 0 Å². The molecule has 2 heterocycles. The van der Waals surface area contributed by atoms with Gasteiger partial charge in [-0.25, -0.2) is 14.4 Å². The molecule has 6 heteroatoms.